The maximum atomic E-state index is 12.7. The quantitative estimate of drug-likeness (QED) is 0.350. The lowest BCUT2D eigenvalue weighted by Gasteiger charge is -2.12. The zero-order valence-electron chi connectivity index (χ0n) is 22.6. The first-order chi connectivity index (χ1) is 18.6. The fourth-order valence-electron chi connectivity index (χ4n) is 4.31. The summed E-state index contributed by atoms with van der Waals surface area (Å²) >= 11 is 0. The fraction of sp³-hybridized carbons (Fsp3) is 0.241. The van der Waals surface area contributed by atoms with Gasteiger partial charge in [0.2, 0.25) is 5.91 Å². The van der Waals surface area contributed by atoms with Crippen molar-refractivity contribution in [2.24, 2.45) is 14.1 Å². The Bertz CT molecular complexity index is 1890. The van der Waals surface area contributed by atoms with Crippen LogP contribution in [0.2, 0.25) is 0 Å². The minimum atomic E-state index is -0.410. The Morgan fingerprint density at radius 1 is 1.00 bits per heavy atom. The molecule has 10 heteroatoms. The second-order valence-corrected chi connectivity index (χ2v) is 9.41. The minimum absolute atomic E-state index is 0.0672. The molecular formula is C29H28N8O2. The van der Waals surface area contributed by atoms with Crippen molar-refractivity contribution in [3.05, 3.63) is 75.6 Å². The van der Waals surface area contributed by atoms with Crippen molar-refractivity contribution < 1.29 is 4.79 Å². The van der Waals surface area contributed by atoms with Gasteiger partial charge in [0.1, 0.15) is 17.3 Å². The highest BCUT2D eigenvalue weighted by atomic mass is 16.2. The summed E-state index contributed by atoms with van der Waals surface area (Å²) in [6.07, 6.45) is 0. The summed E-state index contributed by atoms with van der Waals surface area (Å²) < 4.78 is 3.38. The molecule has 0 aliphatic rings. The average Bonchev–Trinajstić information content (AvgIpc) is 3.20. The number of nitrogens with zero attached hydrogens (tertiary/aromatic N) is 6. The summed E-state index contributed by atoms with van der Waals surface area (Å²) in [7, 11) is 5.33. The van der Waals surface area contributed by atoms with E-state index in [-0.39, 0.29) is 11.5 Å². The monoisotopic (exact) mass is 520 g/mol. The van der Waals surface area contributed by atoms with Crippen molar-refractivity contribution in [3.8, 4) is 23.1 Å². The number of likely N-dealkylation sites (N-methyl/N-ethyl adjacent to an activating group) is 1. The number of carbonyl (C=O) groups excluding carboxylic acids is 1. The maximum Gasteiger partial charge on any atom is 0.250 e. The third-order valence-corrected chi connectivity index (χ3v) is 6.73. The largest absolute Gasteiger partial charge is 0.311 e. The number of nitrogens with one attached hydrogen (secondary N) is 2. The number of hydrogen-bond donors (Lipinski definition) is 2. The smallest absolute Gasteiger partial charge is 0.250 e. The van der Waals surface area contributed by atoms with Gasteiger partial charge in [-0.2, -0.15) is 5.10 Å². The first-order valence-electron chi connectivity index (χ1n) is 12.4. The molecule has 5 rings (SSSR count). The van der Waals surface area contributed by atoms with Gasteiger partial charge in [0.15, 0.2) is 5.65 Å². The van der Waals surface area contributed by atoms with Crippen LogP contribution in [0, 0.1) is 25.7 Å². The van der Waals surface area contributed by atoms with Gasteiger partial charge in [0, 0.05) is 37.0 Å². The predicted molar refractivity (Wildman–Crippen MR) is 151 cm³/mol. The number of aryl methyl sites for hydroxylation is 4. The van der Waals surface area contributed by atoms with Gasteiger partial charge >= 0.3 is 0 Å². The lowest BCUT2D eigenvalue weighted by Crippen LogP contribution is -2.35. The van der Waals surface area contributed by atoms with Crippen LogP contribution in [-0.2, 0) is 18.9 Å². The van der Waals surface area contributed by atoms with Gasteiger partial charge in [-0.1, -0.05) is 5.92 Å². The number of carbonyl (C=O) groups is 1. The molecule has 0 saturated carbocycles. The number of aromatic nitrogens is 6. The standard InChI is InChI=1S/C29H28N8O2/c1-16(30-4)29(39)34-24-15-21(27-26-17(2)37(6)35-28(26)32-18(3)31-27)14-22(33-24)10-7-19-8-11-23-20(13-19)9-12-25(38)36(23)5/h8-9,11-16,30H,1-6H3,(H,33,34,39). The van der Waals surface area contributed by atoms with Crippen LogP contribution in [-0.4, -0.2) is 48.3 Å². The number of hydrogen-bond acceptors (Lipinski definition) is 7. The van der Waals surface area contributed by atoms with Crippen LogP contribution < -0.4 is 16.2 Å². The van der Waals surface area contributed by atoms with E-state index in [0.29, 0.717) is 28.7 Å². The molecule has 4 heterocycles. The summed E-state index contributed by atoms with van der Waals surface area (Å²) in [5, 5.41) is 12.1. The highest BCUT2D eigenvalue weighted by Gasteiger charge is 2.18. The van der Waals surface area contributed by atoms with Crippen LogP contribution in [0.4, 0.5) is 5.82 Å². The van der Waals surface area contributed by atoms with Crippen molar-refractivity contribution in [2.45, 2.75) is 26.8 Å². The van der Waals surface area contributed by atoms with E-state index in [1.807, 2.05) is 45.2 Å². The normalized spacial score (nSPS) is 11.8. The highest BCUT2D eigenvalue weighted by molar-refractivity contribution is 5.96. The van der Waals surface area contributed by atoms with Gasteiger partial charge in [0.05, 0.1) is 22.6 Å². The fourth-order valence-corrected chi connectivity index (χ4v) is 4.31. The first-order valence-corrected chi connectivity index (χ1v) is 12.4. The SMILES string of the molecule is CNC(C)C(=O)Nc1cc(-c2nc(C)nc3nn(C)c(C)c23)cc(C#Cc2ccc3c(ccc(=O)n3C)c2)n1. The van der Waals surface area contributed by atoms with Gasteiger partial charge in [0.25, 0.3) is 5.56 Å². The molecule has 2 N–H and O–H groups in total. The van der Waals surface area contributed by atoms with Crippen LogP contribution in [0.15, 0.2) is 47.3 Å². The average molecular weight is 521 g/mol. The number of rotatable bonds is 4. The van der Waals surface area contributed by atoms with Crippen LogP contribution in [0.25, 0.3) is 33.2 Å². The van der Waals surface area contributed by atoms with Gasteiger partial charge < -0.3 is 15.2 Å². The molecule has 1 amide bonds. The number of fused-ring (bicyclic) bond motifs is 2. The lowest BCUT2D eigenvalue weighted by atomic mass is 10.1. The molecule has 196 valence electrons. The van der Waals surface area contributed by atoms with Gasteiger partial charge in [-0.15, -0.1) is 0 Å². The van der Waals surface area contributed by atoms with E-state index in [2.05, 4.69) is 37.5 Å². The van der Waals surface area contributed by atoms with E-state index >= 15 is 0 Å². The lowest BCUT2D eigenvalue weighted by molar-refractivity contribution is -0.117. The van der Waals surface area contributed by atoms with Crippen molar-refractivity contribution in [3.63, 3.8) is 0 Å². The Hall–Kier alpha value is -4.88. The number of pyridine rings is 2. The van der Waals surface area contributed by atoms with E-state index in [1.54, 1.807) is 42.4 Å². The van der Waals surface area contributed by atoms with E-state index in [4.69, 9.17) is 4.98 Å². The van der Waals surface area contributed by atoms with Crippen molar-refractivity contribution in [2.75, 3.05) is 12.4 Å². The van der Waals surface area contributed by atoms with Crippen LogP contribution in [0.1, 0.15) is 29.7 Å². The second-order valence-electron chi connectivity index (χ2n) is 9.41. The molecule has 0 bridgehead atoms. The molecule has 1 unspecified atom stereocenters. The summed E-state index contributed by atoms with van der Waals surface area (Å²) in [6.45, 7) is 5.56. The van der Waals surface area contributed by atoms with Crippen molar-refractivity contribution >= 4 is 33.7 Å². The van der Waals surface area contributed by atoms with Crippen LogP contribution in [0.5, 0.6) is 0 Å². The molecule has 39 heavy (non-hydrogen) atoms. The van der Waals surface area contributed by atoms with Crippen molar-refractivity contribution in [1.29, 1.82) is 0 Å². The van der Waals surface area contributed by atoms with E-state index < -0.39 is 6.04 Å². The molecule has 4 aromatic heterocycles. The summed E-state index contributed by atoms with van der Waals surface area (Å²) in [5.74, 6) is 7.04. The number of amides is 1. The Morgan fingerprint density at radius 3 is 2.56 bits per heavy atom. The molecule has 10 nitrogen and oxygen atoms in total. The Morgan fingerprint density at radius 2 is 1.79 bits per heavy atom. The van der Waals surface area contributed by atoms with Crippen LogP contribution in [0.3, 0.4) is 0 Å². The van der Waals surface area contributed by atoms with Gasteiger partial charge in [-0.25, -0.2) is 15.0 Å². The molecule has 0 spiro atoms. The Kier molecular flexibility index (Phi) is 6.68. The summed E-state index contributed by atoms with van der Waals surface area (Å²) in [6, 6.07) is 12.2. The Labute approximate surface area is 225 Å². The Balaban J connectivity index is 1.64. The third kappa shape index (κ3) is 5.00. The molecular weight excluding hydrogens is 492 g/mol. The molecule has 0 saturated heterocycles. The molecule has 0 aliphatic heterocycles. The molecule has 0 radical (unpaired) electrons. The zero-order valence-corrected chi connectivity index (χ0v) is 22.6. The van der Waals surface area contributed by atoms with E-state index in [0.717, 1.165) is 33.1 Å². The van der Waals surface area contributed by atoms with Gasteiger partial charge in [-0.3, -0.25) is 14.3 Å². The minimum Gasteiger partial charge on any atom is -0.311 e. The topological polar surface area (TPSA) is 120 Å². The van der Waals surface area contributed by atoms with Crippen LogP contribution >= 0.6 is 0 Å². The number of benzene rings is 1. The predicted octanol–water partition coefficient (Wildman–Crippen LogP) is 2.84. The van der Waals surface area contributed by atoms with Crippen molar-refractivity contribution in [1.82, 2.24) is 34.6 Å². The van der Waals surface area contributed by atoms with E-state index in [1.165, 1.54) is 6.07 Å². The maximum absolute atomic E-state index is 12.7. The zero-order chi connectivity index (χ0) is 27.8. The highest BCUT2D eigenvalue weighted by Crippen LogP contribution is 2.30. The van der Waals surface area contributed by atoms with Gasteiger partial charge in [-0.05, 0) is 75.5 Å². The third-order valence-electron chi connectivity index (χ3n) is 6.73. The molecule has 5 aromatic rings. The second kappa shape index (κ2) is 10.1. The first kappa shape index (κ1) is 25.8. The molecule has 0 aliphatic carbocycles. The summed E-state index contributed by atoms with van der Waals surface area (Å²) in [5.41, 5.74) is 4.94. The van der Waals surface area contributed by atoms with E-state index in [9.17, 15) is 9.59 Å². The number of anilines is 1. The molecule has 0 fully saturated rings. The summed E-state index contributed by atoms with van der Waals surface area (Å²) in [4.78, 5) is 38.5. The molecule has 1 atom stereocenters. The molecule has 1 aromatic carbocycles.